The summed E-state index contributed by atoms with van der Waals surface area (Å²) < 4.78 is 66.1. The van der Waals surface area contributed by atoms with Crippen LogP contribution in [0.2, 0.25) is 0 Å². The van der Waals surface area contributed by atoms with E-state index in [4.69, 9.17) is 0 Å². The van der Waals surface area contributed by atoms with Gasteiger partial charge >= 0.3 is 6.18 Å². The lowest BCUT2D eigenvalue weighted by atomic mass is 9.95. The molecule has 2 N–H and O–H groups in total. The minimum atomic E-state index is -4.53. The maximum atomic E-state index is 13.9. The first-order chi connectivity index (χ1) is 16.1. The highest BCUT2D eigenvalue weighted by molar-refractivity contribution is 5.83. The highest BCUT2D eigenvalue weighted by atomic mass is 19.4. The van der Waals surface area contributed by atoms with Gasteiger partial charge in [-0.05, 0) is 66.3 Å². The molecule has 0 saturated heterocycles. The van der Waals surface area contributed by atoms with E-state index in [1.165, 1.54) is 43.6 Å². The topological polar surface area (TPSA) is 54.0 Å². The summed E-state index contributed by atoms with van der Waals surface area (Å²) in [5.74, 6) is -1.29. The zero-order valence-electron chi connectivity index (χ0n) is 18.6. The van der Waals surface area contributed by atoms with Crippen LogP contribution in [0, 0.1) is 18.6 Å². The van der Waals surface area contributed by atoms with E-state index >= 15 is 0 Å². The third-order valence-electron chi connectivity index (χ3n) is 5.48. The van der Waals surface area contributed by atoms with E-state index in [9.17, 15) is 26.7 Å². The number of hydrogen-bond donors (Lipinski definition) is 2. The van der Waals surface area contributed by atoms with E-state index in [0.717, 1.165) is 6.07 Å². The van der Waals surface area contributed by atoms with Crippen molar-refractivity contribution in [2.75, 3.05) is 7.05 Å². The second-order valence-corrected chi connectivity index (χ2v) is 7.92. The Balaban J connectivity index is 1.89. The van der Waals surface area contributed by atoms with Crippen LogP contribution in [0.4, 0.5) is 22.0 Å². The first-order valence-electron chi connectivity index (χ1n) is 10.6. The van der Waals surface area contributed by atoms with E-state index in [-0.39, 0.29) is 5.82 Å². The molecule has 0 radical (unpaired) electrons. The average Bonchev–Trinajstić information content (AvgIpc) is 2.80. The van der Waals surface area contributed by atoms with E-state index in [2.05, 4.69) is 15.6 Å². The molecule has 1 heterocycles. The van der Waals surface area contributed by atoms with E-state index in [0.29, 0.717) is 35.1 Å². The first-order valence-corrected chi connectivity index (χ1v) is 10.6. The van der Waals surface area contributed by atoms with Crippen molar-refractivity contribution in [3.05, 3.63) is 100 Å². The Morgan fingerprint density at radius 1 is 1.03 bits per heavy atom. The Labute approximate surface area is 194 Å². The fraction of sp³-hybridized carbons (Fsp3) is 0.280. The largest absolute Gasteiger partial charge is 0.433 e. The monoisotopic (exact) mass is 477 g/mol. The molecule has 2 atom stereocenters. The van der Waals surface area contributed by atoms with Crippen LogP contribution in [-0.4, -0.2) is 17.9 Å². The van der Waals surface area contributed by atoms with Gasteiger partial charge in [0.2, 0.25) is 5.91 Å². The molecule has 180 valence electrons. The maximum absolute atomic E-state index is 13.9. The summed E-state index contributed by atoms with van der Waals surface area (Å²) >= 11 is 0. The van der Waals surface area contributed by atoms with Crippen molar-refractivity contribution >= 4 is 5.91 Å². The molecule has 0 aliphatic heterocycles. The minimum absolute atomic E-state index is 0.336. The number of likely N-dealkylation sites (N-methyl/N-ethyl adjacent to an activating group) is 1. The Morgan fingerprint density at radius 3 is 2.38 bits per heavy atom. The van der Waals surface area contributed by atoms with E-state index in [1.54, 1.807) is 25.1 Å². The molecule has 2 aromatic carbocycles. The summed E-state index contributed by atoms with van der Waals surface area (Å²) in [6.45, 7) is 1.61. The Bertz CT molecular complexity index is 1130. The van der Waals surface area contributed by atoms with Crippen LogP contribution >= 0.6 is 0 Å². The summed E-state index contributed by atoms with van der Waals surface area (Å²) in [5.41, 5.74) is 1.08. The van der Waals surface area contributed by atoms with Gasteiger partial charge in [0.15, 0.2) is 0 Å². The number of nitrogens with zero attached hydrogens (tertiary/aromatic N) is 1. The molecule has 1 amide bonds. The minimum Gasteiger partial charge on any atom is -0.358 e. The number of halogens is 5. The number of pyridine rings is 1. The van der Waals surface area contributed by atoms with Crippen molar-refractivity contribution in [1.82, 2.24) is 15.6 Å². The fourth-order valence-corrected chi connectivity index (χ4v) is 3.64. The van der Waals surface area contributed by atoms with Crippen LogP contribution in [0.15, 0.2) is 60.8 Å². The van der Waals surface area contributed by atoms with Crippen LogP contribution in [0.5, 0.6) is 0 Å². The Morgan fingerprint density at radius 2 is 1.79 bits per heavy atom. The molecule has 3 rings (SSSR count). The highest BCUT2D eigenvalue weighted by Gasteiger charge is 2.32. The number of alkyl halides is 3. The fourth-order valence-electron chi connectivity index (χ4n) is 3.64. The van der Waals surface area contributed by atoms with Crippen LogP contribution < -0.4 is 10.6 Å². The zero-order chi connectivity index (χ0) is 24.9. The van der Waals surface area contributed by atoms with Gasteiger partial charge < -0.3 is 5.32 Å². The average molecular weight is 477 g/mol. The molecule has 0 aliphatic rings. The molecule has 34 heavy (non-hydrogen) atoms. The molecule has 1 aromatic heterocycles. The van der Waals surface area contributed by atoms with Crippen molar-refractivity contribution in [3.63, 3.8) is 0 Å². The zero-order valence-corrected chi connectivity index (χ0v) is 18.6. The van der Waals surface area contributed by atoms with Crippen molar-refractivity contribution in [1.29, 1.82) is 0 Å². The molecular formula is C25H24F5N3O. The molecule has 4 nitrogen and oxygen atoms in total. The molecule has 1 unspecified atom stereocenters. The number of carbonyl (C=O) groups is 1. The molecule has 0 aliphatic carbocycles. The normalized spacial score (nSPS) is 13.4. The predicted octanol–water partition coefficient (Wildman–Crippen LogP) is 5.44. The quantitative estimate of drug-likeness (QED) is 0.425. The van der Waals surface area contributed by atoms with Gasteiger partial charge in [0.25, 0.3) is 0 Å². The van der Waals surface area contributed by atoms with Gasteiger partial charge in [-0.25, -0.2) is 8.78 Å². The first kappa shape index (κ1) is 25.3. The molecule has 0 bridgehead atoms. The van der Waals surface area contributed by atoms with Crippen LogP contribution in [0.25, 0.3) is 0 Å². The second kappa shape index (κ2) is 10.7. The van der Waals surface area contributed by atoms with Crippen LogP contribution in [-0.2, 0) is 17.4 Å². The predicted molar refractivity (Wildman–Crippen MR) is 118 cm³/mol. The third-order valence-corrected chi connectivity index (χ3v) is 5.48. The molecule has 0 fully saturated rings. The number of rotatable bonds is 8. The number of aryl methyl sites for hydroxylation is 2. The van der Waals surface area contributed by atoms with E-state index in [1.807, 2.05) is 0 Å². The maximum Gasteiger partial charge on any atom is 0.433 e. The van der Waals surface area contributed by atoms with E-state index < -0.39 is 35.7 Å². The summed E-state index contributed by atoms with van der Waals surface area (Å²) in [6, 6.07) is 11.0. The highest BCUT2D eigenvalue weighted by Crippen LogP contribution is 2.29. The molecule has 3 aromatic rings. The summed E-state index contributed by atoms with van der Waals surface area (Å²) in [6.07, 6.45) is -2.66. The molecule has 0 spiro atoms. The number of nitrogens with one attached hydrogen (secondary N) is 2. The van der Waals surface area contributed by atoms with Crippen molar-refractivity contribution in [2.24, 2.45) is 0 Å². The molecular weight excluding hydrogens is 453 g/mol. The number of amides is 1. The van der Waals surface area contributed by atoms with Gasteiger partial charge in [-0.3, -0.25) is 15.1 Å². The number of benzene rings is 2. The van der Waals surface area contributed by atoms with Gasteiger partial charge in [-0.15, -0.1) is 0 Å². The third kappa shape index (κ3) is 6.38. The Kier molecular flexibility index (Phi) is 7.98. The smallest absolute Gasteiger partial charge is 0.358 e. The number of hydrogen-bond acceptors (Lipinski definition) is 3. The standard InChI is InChI=1S/C25H24F5N3O/c1-15-12-17(8-9-20(15)27)21(10-6-16-7-11-22(32-14-16)25(28,29)30)33-23(24(34)31-2)18-4-3-5-19(26)13-18/h3-5,7-9,11-14,21,23,33H,6,10H2,1-2H3,(H,31,34)/t21-,23?/m0/s1. The lowest BCUT2D eigenvalue weighted by Crippen LogP contribution is -2.38. The summed E-state index contributed by atoms with van der Waals surface area (Å²) in [4.78, 5) is 16.1. The lowest BCUT2D eigenvalue weighted by Gasteiger charge is -2.26. The van der Waals surface area contributed by atoms with Gasteiger partial charge in [0.05, 0.1) is 0 Å². The number of carbonyl (C=O) groups excluding carboxylic acids is 1. The SMILES string of the molecule is CNC(=O)C(N[C@@H](CCc1ccc(C(F)(F)F)nc1)c1ccc(F)c(C)c1)c1cccc(F)c1. The summed E-state index contributed by atoms with van der Waals surface area (Å²) in [5, 5.41) is 5.77. The van der Waals surface area contributed by atoms with Gasteiger partial charge in [-0.1, -0.05) is 30.3 Å². The molecule has 0 saturated carbocycles. The van der Waals surface area contributed by atoms with Crippen molar-refractivity contribution < 1.29 is 26.7 Å². The number of aromatic nitrogens is 1. The van der Waals surface area contributed by atoms with Crippen LogP contribution in [0.3, 0.4) is 0 Å². The van der Waals surface area contributed by atoms with Crippen molar-refractivity contribution in [2.45, 2.75) is 38.0 Å². The van der Waals surface area contributed by atoms with Gasteiger partial charge in [-0.2, -0.15) is 13.2 Å². The van der Waals surface area contributed by atoms with Gasteiger partial charge in [0.1, 0.15) is 23.4 Å². The van der Waals surface area contributed by atoms with Gasteiger partial charge in [0, 0.05) is 19.3 Å². The second-order valence-electron chi connectivity index (χ2n) is 7.92. The van der Waals surface area contributed by atoms with Crippen molar-refractivity contribution in [3.8, 4) is 0 Å². The Hall–Kier alpha value is -3.33. The molecule has 9 heteroatoms. The lowest BCUT2D eigenvalue weighted by molar-refractivity contribution is -0.141. The van der Waals surface area contributed by atoms with Crippen LogP contribution in [0.1, 0.15) is 46.5 Å². The summed E-state index contributed by atoms with van der Waals surface area (Å²) in [7, 11) is 1.46.